The Hall–Kier alpha value is -1.43. The highest BCUT2D eigenvalue weighted by molar-refractivity contribution is 5.85. The molecule has 0 bridgehead atoms. The normalized spacial score (nSPS) is 19.2. The Bertz CT molecular complexity index is 670. The number of hydrogen-bond acceptors (Lipinski definition) is 4. The summed E-state index contributed by atoms with van der Waals surface area (Å²) in [4.78, 5) is 18.9. The second-order valence-corrected chi connectivity index (χ2v) is 5.25. The molecule has 0 unspecified atom stereocenters. The first-order chi connectivity index (χ1) is 9.13. The molecule has 6 heteroatoms. The van der Waals surface area contributed by atoms with Crippen LogP contribution in [0.3, 0.4) is 0 Å². The van der Waals surface area contributed by atoms with Crippen LogP contribution in [0.15, 0.2) is 29.2 Å². The molecule has 0 aliphatic carbocycles. The molecule has 3 heterocycles. The molecule has 1 saturated heterocycles. The zero-order chi connectivity index (χ0) is 13.4. The Morgan fingerprint density at radius 1 is 1.50 bits per heavy atom. The summed E-state index contributed by atoms with van der Waals surface area (Å²) in [5, 5.41) is 0. The average molecular weight is 295 g/mol. The first-order valence-electron chi connectivity index (χ1n) is 6.59. The van der Waals surface area contributed by atoms with Gasteiger partial charge in [-0.3, -0.25) is 14.1 Å². The van der Waals surface area contributed by atoms with E-state index in [2.05, 4.69) is 9.88 Å². The lowest BCUT2D eigenvalue weighted by Gasteiger charge is -2.15. The van der Waals surface area contributed by atoms with Crippen molar-refractivity contribution in [3.8, 4) is 0 Å². The van der Waals surface area contributed by atoms with E-state index < -0.39 is 0 Å². The standard InChI is InChI=1S/C14H18N4O.ClH/c1-10-3-2-5-18-13(19)7-12(16-14(10)18)9-17-6-4-11(15)8-17;/h2-3,5,7,11H,4,6,8-9,15H2,1H3;1H/t11-;/m0./s1. The third-order valence-electron chi connectivity index (χ3n) is 3.63. The van der Waals surface area contributed by atoms with Crippen LogP contribution in [-0.2, 0) is 6.54 Å². The summed E-state index contributed by atoms with van der Waals surface area (Å²) >= 11 is 0. The van der Waals surface area contributed by atoms with Gasteiger partial charge < -0.3 is 5.73 Å². The van der Waals surface area contributed by atoms with Gasteiger partial charge in [-0.25, -0.2) is 4.98 Å². The number of nitrogens with two attached hydrogens (primary N) is 1. The van der Waals surface area contributed by atoms with Gasteiger partial charge in [0.25, 0.3) is 5.56 Å². The van der Waals surface area contributed by atoms with Crippen LogP contribution in [0.4, 0.5) is 0 Å². The second-order valence-electron chi connectivity index (χ2n) is 5.25. The topological polar surface area (TPSA) is 63.6 Å². The van der Waals surface area contributed by atoms with Crippen LogP contribution in [-0.4, -0.2) is 33.4 Å². The van der Waals surface area contributed by atoms with E-state index in [0.29, 0.717) is 6.54 Å². The maximum Gasteiger partial charge on any atom is 0.258 e. The molecule has 20 heavy (non-hydrogen) atoms. The maximum absolute atomic E-state index is 12.1. The van der Waals surface area contributed by atoms with Crippen molar-refractivity contribution in [3.05, 3.63) is 46.0 Å². The molecule has 1 fully saturated rings. The van der Waals surface area contributed by atoms with E-state index in [4.69, 9.17) is 5.73 Å². The van der Waals surface area contributed by atoms with E-state index in [1.807, 2.05) is 19.1 Å². The predicted octanol–water partition coefficient (Wildman–Crippen LogP) is 0.958. The molecule has 3 rings (SSSR count). The van der Waals surface area contributed by atoms with Gasteiger partial charge in [-0.05, 0) is 25.0 Å². The van der Waals surface area contributed by atoms with E-state index in [0.717, 1.165) is 36.4 Å². The van der Waals surface area contributed by atoms with Crippen LogP contribution in [0, 0.1) is 6.92 Å². The van der Waals surface area contributed by atoms with Crippen molar-refractivity contribution < 1.29 is 0 Å². The van der Waals surface area contributed by atoms with Gasteiger partial charge in [0, 0.05) is 37.9 Å². The van der Waals surface area contributed by atoms with Gasteiger partial charge in [-0.15, -0.1) is 12.4 Å². The lowest BCUT2D eigenvalue weighted by Crippen LogP contribution is -2.27. The summed E-state index contributed by atoms with van der Waals surface area (Å²) in [6.07, 6.45) is 2.78. The molecule has 1 aliphatic heterocycles. The maximum atomic E-state index is 12.1. The molecule has 2 aromatic heterocycles. The van der Waals surface area contributed by atoms with Crippen molar-refractivity contribution >= 4 is 18.1 Å². The molecule has 1 atom stereocenters. The Labute approximate surface area is 123 Å². The minimum Gasteiger partial charge on any atom is -0.326 e. The van der Waals surface area contributed by atoms with Crippen LogP contribution in [0.2, 0.25) is 0 Å². The zero-order valence-corrected chi connectivity index (χ0v) is 12.3. The van der Waals surface area contributed by atoms with Crippen molar-refractivity contribution in [3.63, 3.8) is 0 Å². The largest absolute Gasteiger partial charge is 0.326 e. The summed E-state index contributed by atoms with van der Waals surface area (Å²) in [7, 11) is 0. The third-order valence-corrected chi connectivity index (χ3v) is 3.63. The fourth-order valence-corrected chi connectivity index (χ4v) is 2.63. The Kier molecular flexibility index (Phi) is 4.42. The summed E-state index contributed by atoms with van der Waals surface area (Å²) < 4.78 is 1.59. The molecule has 2 aromatic rings. The third kappa shape index (κ3) is 2.85. The van der Waals surface area contributed by atoms with Gasteiger partial charge >= 0.3 is 0 Å². The Morgan fingerprint density at radius 2 is 2.30 bits per heavy atom. The number of likely N-dealkylation sites (tertiary alicyclic amines) is 1. The fraction of sp³-hybridized carbons (Fsp3) is 0.429. The predicted molar refractivity (Wildman–Crippen MR) is 81.3 cm³/mol. The van der Waals surface area contributed by atoms with Crippen molar-refractivity contribution in [2.75, 3.05) is 13.1 Å². The summed E-state index contributed by atoms with van der Waals surface area (Å²) in [6.45, 7) is 4.54. The second kappa shape index (κ2) is 5.91. The van der Waals surface area contributed by atoms with Gasteiger partial charge in [-0.2, -0.15) is 0 Å². The lowest BCUT2D eigenvalue weighted by molar-refractivity contribution is 0.323. The first kappa shape index (κ1) is 15.0. The molecule has 0 spiro atoms. The minimum atomic E-state index is -0.0211. The van der Waals surface area contributed by atoms with E-state index in [-0.39, 0.29) is 24.0 Å². The van der Waals surface area contributed by atoms with E-state index in [1.165, 1.54) is 0 Å². The number of rotatable bonds is 2. The molecule has 0 radical (unpaired) electrons. The molecule has 1 aliphatic rings. The van der Waals surface area contributed by atoms with Crippen molar-refractivity contribution in [2.45, 2.75) is 25.9 Å². The molecular weight excluding hydrogens is 276 g/mol. The van der Waals surface area contributed by atoms with E-state index in [9.17, 15) is 4.79 Å². The Morgan fingerprint density at radius 3 is 3.00 bits per heavy atom. The molecule has 5 nitrogen and oxygen atoms in total. The number of hydrogen-bond donors (Lipinski definition) is 1. The number of halogens is 1. The average Bonchev–Trinajstić information content (AvgIpc) is 2.76. The molecule has 2 N–H and O–H groups in total. The zero-order valence-electron chi connectivity index (χ0n) is 11.5. The quantitative estimate of drug-likeness (QED) is 0.896. The number of aromatic nitrogens is 2. The summed E-state index contributed by atoms with van der Waals surface area (Å²) in [6, 6.07) is 5.71. The highest BCUT2D eigenvalue weighted by Crippen LogP contribution is 2.11. The SMILES string of the molecule is Cc1cccn2c(=O)cc(CN3CC[C@H](N)C3)nc12.Cl. The summed E-state index contributed by atoms with van der Waals surface area (Å²) in [5.41, 5.74) is 8.46. The number of pyridine rings is 1. The smallest absolute Gasteiger partial charge is 0.258 e. The fourth-order valence-electron chi connectivity index (χ4n) is 2.63. The lowest BCUT2D eigenvalue weighted by atomic mass is 10.3. The monoisotopic (exact) mass is 294 g/mol. The molecule has 0 aromatic carbocycles. The molecule has 0 amide bonds. The van der Waals surface area contributed by atoms with Crippen LogP contribution >= 0.6 is 12.4 Å². The van der Waals surface area contributed by atoms with Crippen molar-refractivity contribution in [1.29, 1.82) is 0 Å². The highest BCUT2D eigenvalue weighted by atomic mass is 35.5. The summed E-state index contributed by atoms with van der Waals surface area (Å²) in [5.74, 6) is 0. The number of nitrogens with zero attached hydrogens (tertiary/aromatic N) is 3. The van der Waals surface area contributed by atoms with E-state index in [1.54, 1.807) is 16.7 Å². The molecule has 0 saturated carbocycles. The highest BCUT2D eigenvalue weighted by Gasteiger charge is 2.19. The van der Waals surface area contributed by atoms with Gasteiger partial charge in [0.15, 0.2) is 0 Å². The number of fused-ring (bicyclic) bond motifs is 1. The Balaban J connectivity index is 0.00000147. The van der Waals surface area contributed by atoms with Crippen molar-refractivity contribution in [1.82, 2.24) is 14.3 Å². The van der Waals surface area contributed by atoms with E-state index >= 15 is 0 Å². The van der Waals surface area contributed by atoms with Gasteiger partial charge in [0.2, 0.25) is 0 Å². The van der Waals surface area contributed by atoms with Crippen LogP contribution in [0.5, 0.6) is 0 Å². The molecule has 108 valence electrons. The van der Waals surface area contributed by atoms with Crippen LogP contribution < -0.4 is 11.3 Å². The minimum absolute atomic E-state index is 0. The van der Waals surface area contributed by atoms with Gasteiger partial charge in [-0.1, -0.05) is 6.07 Å². The number of aryl methyl sites for hydroxylation is 1. The molecular formula is C14H19ClN4O. The van der Waals surface area contributed by atoms with Crippen LogP contribution in [0.1, 0.15) is 17.7 Å². The van der Waals surface area contributed by atoms with Crippen molar-refractivity contribution in [2.24, 2.45) is 5.73 Å². The van der Waals surface area contributed by atoms with Gasteiger partial charge in [0.1, 0.15) is 5.65 Å². The van der Waals surface area contributed by atoms with Gasteiger partial charge in [0.05, 0.1) is 5.69 Å². The van der Waals surface area contributed by atoms with Crippen LogP contribution in [0.25, 0.3) is 5.65 Å². The first-order valence-corrected chi connectivity index (χ1v) is 6.59.